The lowest BCUT2D eigenvalue weighted by atomic mass is 10.3. The highest BCUT2D eigenvalue weighted by Crippen LogP contribution is 2.35. The molecule has 0 spiro atoms. The highest BCUT2D eigenvalue weighted by Gasteiger charge is 2.39. The summed E-state index contributed by atoms with van der Waals surface area (Å²) in [4.78, 5) is 32.2. The van der Waals surface area contributed by atoms with Gasteiger partial charge in [0.05, 0.1) is 22.3 Å². The van der Waals surface area contributed by atoms with Crippen molar-refractivity contribution in [1.82, 2.24) is 19.6 Å². The van der Waals surface area contributed by atoms with Crippen molar-refractivity contribution in [3.63, 3.8) is 0 Å². The summed E-state index contributed by atoms with van der Waals surface area (Å²) >= 11 is 5.97. The molecular weight excluding hydrogens is 408 g/mol. The fourth-order valence-electron chi connectivity index (χ4n) is 2.52. The van der Waals surface area contributed by atoms with E-state index < -0.39 is 34.5 Å². The zero-order valence-corrected chi connectivity index (χ0v) is 16.0. The zero-order valence-electron chi connectivity index (χ0n) is 14.4. The minimum Gasteiger partial charge on any atom is -0.345 e. The molecule has 0 bridgehead atoms. The van der Waals surface area contributed by atoms with Crippen molar-refractivity contribution in [2.24, 2.45) is 0 Å². The maximum Gasteiger partial charge on any atom is 0.336 e. The Morgan fingerprint density at radius 1 is 1.39 bits per heavy atom. The fourth-order valence-corrected chi connectivity index (χ4v) is 4.47. The molecule has 1 aliphatic heterocycles. The number of nitrogens with zero attached hydrogens (tertiary/aromatic N) is 4. The second-order valence-corrected chi connectivity index (χ2v) is 8.00. The number of carbonyl (C=O) groups is 2. The van der Waals surface area contributed by atoms with Crippen molar-refractivity contribution < 1.29 is 18.0 Å². The molecule has 0 radical (unpaired) electrons. The van der Waals surface area contributed by atoms with Crippen LogP contribution in [0.2, 0.25) is 5.02 Å². The van der Waals surface area contributed by atoms with Crippen molar-refractivity contribution in [2.75, 3.05) is 11.9 Å². The molecule has 2 heterocycles. The van der Waals surface area contributed by atoms with Crippen molar-refractivity contribution in [3.8, 4) is 6.07 Å². The molecule has 0 aliphatic carbocycles. The summed E-state index contributed by atoms with van der Waals surface area (Å²) in [6.07, 6.45) is 2.60. The van der Waals surface area contributed by atoms with Gasteiger partial charge in [-0.15, -0.1) is 0 Å². The number of nitrogens with one attached hydrogen (secondary N) is 2. The van der Waals surface area contributed by atoms with Crippen LogP contribution in [0, 0.1) is 11.3 Å². The quantitative estimate of drug-likeness (QED) is 0.760. The SMILES string of the molecule is C[C@H](NC(=O)CN1C(=O)Nc2cccc(Cl)c2S1(=O)=O)c1ncc(C#N)cn1. The number of carbonyl (C=O) groups excluding carboxylic acids is 2. The minimum atomic E-state index is -4.31. The van der Waals surface area contributed by atoms with E-state index in [4.69, 9.17) is 16.9 Å². The van der Waals surface area contributed by atoms with Crippen LogP contribution in [0.1, 0.15) is 24.4 Å². The second kappa shape index (κ2) is 7.41. The molecule has 12 heteroatoms. The van der Waals surface area contributed by atoms with E-state index in [-0.39, 0.29) is 27.0 Å². The number of hydrogen-bond donors (Lipinski definition) is 2. The summed E-state index contributed by atoms with van der Waals surface area (Å²) in [5, 5.41) is 13.6. The molecule has 0 saturated heterocycles. The van der Waals surface area contributed by atoms with Crippen LogP contribution in [-0.2, 0) is 14.8 Å². The first-order valence-electron chi connectivity index (χ1n) is 7.87. The molecule has 0 saturated carbocycles. The first-order chi connectivity index (χ1) is 13.2. The van der Waals surface area contributed by atoms with Crippen LogP contribution in [-0.4, -0.2) is 41.2 Å². The third kappa shape index (κ3) is 3.60. The highest BCUT2D eigenvalue weighted by molar-refractivity contribution is 7.90. The van der Waals surface area contributed by atoms with Gasteiger partial charge in [0.2, 0.25) is 5.91 Å². The van der Waals surface area contributed by atoms with Crippen molar-refractivity contribution in [2.45, 2.75) is 17.9 Å². The molecule has 0 unspecified atom stereocenters. The number of hydrogen-bond acceptors (Lipinski definition) is 7. The molecule has 0 fully saturated rings. The van der Waals surface area contributed by atoms with E-state index in [1.807, 2.05) is 6.07 Å². The molecule has 1 aromatic carbocycles. The number of halogens is 1. The Balaban J connectivity index is 1.77. The fraction of sp³-hybridized carbons (Fsp3) is 0.188. The summed E-state index contributed by atoms with van der Waals surface area (Å²) in [6.45, 7) is 0.829. The summed E-state index contributed by atoms with van der Waals surface area (Å²) in [7, 11) is -4.31. The number of nitriles is 1. The number of fused-ring (bicyclic) bond motifs is 1. The Bertz CT molecular complexity index is 1100. The van der Waals surface area contributed by atoms with Gasteiger partial charge in [0.1, 0.15) is 23.3 Å². The Hall–Kier alpha value is -3.23. The van der Waals surface area contributed by atoms with Gasteiger partial charge in [-0.2, -0.15) is 5.26 Å². The molecule has 28 heavy (non-hydrogen) atoms. The van der Waals surface area contributed by atoms with Crippen molar-refractivity contribution in [1.29, 1.82) is 5.26 Å². The van der Waals surface area contributed by atoms with Crippen LogP contribution < -0.4 is 10.6 Å². The van der Waals surface area contributed by atoms with E-state index in [2.05, 4.69) is 20.6 Å². The smallest absolute Gasteiger partial charge is 0.336 e. The Kier molecular flexibility index (Phi) is 5.17. The van der Waals surface area contributed by atoms with Crippen LogP contribution in [0.5, 0.6) is 0 Å². The summed E-state index contributed by atoms with van der Waals surface area (Å²) < 4.78 is 25.9. The molecule has 3 amide bonds. The molecule has 3 rings (SSSR count). The van der Waals surface area contributed by atoms with Gasteiger partial charge < -0.3 is 10.6 Å². The highest BCUT2D eigenvalue weighted by atomic mass is 35.5. The average Bonchev–Trinajstić information content (AvgIpc) is 2.64. The Morgan fingerprint density at radius 2 is 2.07 bits per heavy atom. The van der Waals surface area contributed by atoms with Crippen molar-refractivity contribution in [3.05, 3.63) is 47.0 Å². The number of urea groups is 1. The van der Waals surface area contributed by atoms with E-state index in [1.54, 1.807) is 6.92 Å². The van der Waals surface area contributed by atoms with Crippen LogP contribution in [0.25, 0.3) is 0 Å². The topological polar surface area (TPSA) is 145 Å². The van der Waals surface area contributed by atoms with Gasteiger partial charge >= 0.3 is 6.03 Å². The van der Waals surface area contributed by atoms with Gasteiger partial charge in [0.15, 0.2) is 0 Å². The molecule has 144 valence electrons. The van der Waals surface area contributed by atoms with Gasteiger partial charge in [0, 0.05) is 12.4 Å². The molecular formula is C16H13ClN6O4S. The third-order valence-corrected chi connectivity index (χ3v) is 6.09. The summed E-state index contributed by atoms with van der Waals surface area (Å²) in [6, 6.07) is 4.51. The van der Waals surface area contributed by atoms with Crippen LogP contribution in [0.15, 0.2) is 35.5 Å². The molecule has 1 aromatic heterocycles. The van der Waals surface area contributed by atoms with Gasteiger partial charge in [0.25, 0.3) is 10.0 Å². The van der Waals surface area contributed by atoms with Gasteiger partial charge in [-0.3, -0.25) is 4.79 Å². The van der Waals surface area contributed by atoms with E-state index in [0.29, 0.717) is 4.31 Å². The number of anilines is 1. The number of amides is 3. The third-order valence-electron chi connectivity index (χ3n) is 3.84. The van der Waals surface area contributed by atoms with Crippen molar-refractivity contribution >= 4 is 39.2 Å². The lowest BCUT2D eigenvalue weighted by Gasteiger charge is -2.29. The lowest BCUT2D eigenvalue weighted by molar-refractivity contribution is -0.121. The van der Waals surface area contributed by atoms with E-state index in [0.717, 1.165) is 0 Å². The zero-order chi connectivity index (χ0) is 20.5. The standard InChI is InChI=1S/C16H13ClN6O4S/c1-9(15-19-6-10(5-18)7-20-15)21-13(24)8-23-16(25)22-12-4-2-3-11(17)14(12)28(23,26)27/h2-4,6-7,9H,8H2,1H3,(H,21,24)(H,22,25)/t9-/m0/s1. The maximum atomic E-state index is 12.7. The average molecular weight is 421 g/mol. The molecule has 1 aliphatic rings. The van der Waals surface area contributed by atoms with Crippen LogP contribution >= 0.6 is 11.6 Å². The summed E-state index contributed by atoms with van der Waals surface area (Å²) in [5.41, 5.74) is 0.308. The number of rotatable bonds is 4. The Labute approximate surface area is 165 Å². The lowest BCUT2D eigenvalue weighted by Crippen LogP contribution is -2.49. The first kappa shape index (κ1) is 19.5. The molecule has 1 atom stereocenters. The summed E-state index contributed by atoms with van der Waals surface area (Å²) in [5.74, 6) is -0.513. The predicted molar refractivity (Wildman–Crippen MR) is 97.7 cm³/mol. The maximum absolute atomic E-state index is 12.7. The number of aromatic nitrogens is 2. The molecule has 10 nitrogen and oxygen atoms in total. The van der Waals surface area contributed by atoms with Gasteiger partial charge in [-0.1, -0.05) is 17.7 Å². The largest absolute Gasteiger partial charge is 0.345 e. The van der Waals surface area contributed by atoms with Gasteiger partial charge in [-0.05, 0) is 19.1 Å². The first-order valence-corrected chi connectivity index (χ1v) is 9.69. The van der Waals surface area contributed by atoms with Crippen LogP contribution in [0.3, 0.4) is 0 Å². The Morgan fingerprint density at radius 3 is 2.71 bits per heavy atom. The minimum absolute atomic E-state index is 0.0495. The van der Waals surface area contributed by atoms with E-state index in [1.165, 1.54) is 30.6 Å². The van der Waals surface area contributed by atoms with Crippen LogP contribution in [0.4, 0.5) is 10.5 Å². The normalized spacial score (nSPS) is 15.8. The van der Waals surface area contributed by atoms with Gasteiger partial charge in [-0.25, -0.2) is 27.5 Å². The molecule has 2 aromatic rings. The predicted octanol–water partition coefficient (Wildman–Crippen LogP) is 1.42. The van der Waals surface area contributed by atoms with E-state index in [9.17, 15) is 18.0 Å². The second-order valence-electron chi connectivity index (χ2n) is 5.79. The monoisotopic (exact) mass is 420 g/mol. The number of sulfonamides is 1. The number of benzene rings is 1. The molecule has 2 N–H and O–H groups in total. The van der Waals surface area contributed by atoms with E-state index >= 15 is 0 Å².